The maximum Gasteiger partial charge on any atom is 0.472 e. The molecule has 0 amide bonds. The third kappa shape index (κ3) is 40.7. The Kier molecular flexibility index (Phi) is 41.3. The van der Waals surface area contributed by atoms with Crippen LogP contribution in [-0.2, 0) is 27.9 Å². The van der Waals surface area contributed by atoms with Crippen molar-refractivity contribution in [3.8, 4) is 0 Å². The lowest BCUT2D eigenvalue weighted by Gasteiger charge is -2.20. The van der Waals surface area contributed by atoms with Gasteiger partial charge in [-0.15, -0.1) is 0 Å². The van der Waals surface area contributed by atoms with Gasteiger partial charge < -0.3 is 20.1 Å². The first-order valence-corrected chi connectivity index (χ1v) is 24.0. The van der Waals surface area contributed by atoms with E-state index < -0.39 is 13.9 Å². The lowest BCUT2D eigenvalue weighted by Crippen LogP contribution is -2.28. The summed E-state index contributed by atoms with van der Waals surface area (Å²) in [7, 11) is -4.26. The van der Waals surface area contributed by atoms with E-state index in [1.807, 2.05) is 0 Å². The molecule has 0 spiro atoms. The second-order valence-corrected chi connectivity index (χ2v) is 16.7. The zero-order valence-corrected chi connectivity index (χ0v) is 35.5. The van der Waals surface area contributed by atoms with Crippen LogP contribution in [0.25, 0.3) is 0 Å². The molecule has 0 aliphatic heterocycles. The Morgan fingerprint density at radius 1 is 0.500 bits per heavy atom. The van der Waals surface area contributed by atoms with Gasteiger partial charge >= 0.3 is 13.8 Å². The number of phosphoric ester groups is 1. The molecule has 0 fully saturated rings. The molecule has 0 saturated carbocycles. The average Bonchev–Trinajstić information content (AvgIpc) is 3.13. The molecular formula is C43H88NO7P. The second-order valence-electron chi connectivity index (χ2n) is 15.3. The normalized spacial score (nSPS) is 13.4. The fraction of sp³-hybridized carbons (Fsp3) is 0.977. The molecule has 0 rings (SSSR count). The zero-order chi connectivity index (χ0) is 38.1. The molecule has 0 radical (unpaired) electrons. The summed E-state index contributed by atoms with van der Waals surface area (Å²) in [4.78, 5) is 22.4. The Balaban J connectivity index is 3.79. The Labute approximate surface area is 322 Å². The van der Waals surface area contributed by atoms with Gasteiger partial charge in [0, 0.05) is 19.6 Å². The number of hydrogen-bond acceptors (Lipinski definition) is 7. The third-order valence-corrected chi connectivity index (χ3v) is 11.0. The minimum Gasteiger partial charge on any atom is -0.457 e. The summed E-state index contributed by atoms with van der Waals surface area (Å²) in [6.45, 7) is 4.96. The van der Waals surface area contributed by atoms with Gasteiger partial charge in [-0.05, 0) is 12.8 Å². The molecule has 3 N–H and O–H groups in total. The Morgan fingerprint density at radius 2 is 0.846 bits per heavy atom. The van der Waals surface area contributed by atoms with Crippen molar-refractivity contribution in [2.24, 2.45) is 5.73 Å². The van der Waals surface area contributed by atoms with Crippen LogP contribution in [0.15, 0.2) is 0 Å². The van der Waals surface area contributed by atoms with Gasteiger partial charge in [0.1, 0.15) is 6.10 Å². The van der Waals surface area contributed by atoms with E-state index in [2.05, 4.69) is 13.8 Å². The van der Waals surface area contributed by atoms with Gasteiger partial charge in [0.25, 0.3) is 0 Å². The van der Waals surface area contributed by atoms with Crippen LogP contribution in [0.4, 0.5) is 0 Å². The topological polar surface area (TPSA) is 117 Å². The quantitative estimate of drug-likeness (QED) is 0.0358. The fourth-order valence-corrected chi connectivity index (χ4v) is 7.47. The predicted molar refractivity (Wildman–Crippen MR) is 220 cm³/mol. The molecule has 2 unspecified atom stereocenters. The number of ether oxygens (including phenoxy) is 2. The number of nitrogens with two attached hydrogens (primary N) is 1. The lowest BCUT2D eigenvalue weighted by atomic mass is 10.0. The van der Waals surface area contributed by atoms with Crippen molar-refractivity contribution in [3.05, 3.63) is 0 Å². The fourth-order valence-electron chi connectivity index (χ4n) is 6.70. The van der Waals surface area contributed by atoms with Crippen molar-refractivity contribution in [1.29, 1.82) is 0 Å². The van der Waals surface area contributed by atoms with E-state index in [9.17, 15) is 14.3 Å². The van der Waals surface area contributed by atoms with E-state index >= 15 is 0 Å². The first kappa shape index (κ1) is 51.5. The summed E-state index contributed by atoms with van der Waals surface area (Å²) < 4.78 is 33.4. The minimum atomic E-state index is -4.26. The molecule has 52 heavy (non-hydrogen) atoms. The van der Waals surface area contributed by atoms with Crippen molar-refractivity contribution in [3.63, 3.8) is 0 Å². The van der Waals surface area contributed by atoms with E-state index in [0.717, 1.165) is 32.1 Å². The summed E-state index contributed by atoms with van der Waals surface area (Å²) in [6.07, 6.45) is 42.9. The van der Waals surface area contributed by atoms with Crippen molar-refractivity contribution in [2.75, 3.05) is 33.0 Å². The summed E-state index contributed by atoms with van der Waals surface area (Å²) in [5.41, 5.74) is 5.36. The first-order valence-electron chi connectivity index (χ1n) is 22.5. The third-order valence-electron chi connectivity index (χ3n) is 10.0. The van der Waals surface area contributed by atoms with E-state index in [1.165, 1.54) is 180 Å². The van der Waals surface area contributed by atoms with E-state index in [4.69, 9.17) is 24.3 Å². The van der Waals surface area contributed by atoms with Crippen molar-refractivity contribution < 1.29 is 32.8 Å². The second kappa shape index (κ2) is 41.7. The monoisotopic (exact) mass is 762 g/mol. The lowest BCUT2D eigenvalue weighted by molar-refractivity contribution is -0.154. The van der Waals surface area contributed by atoms with Crippen LogP contribution < -0.4 is 5.73 Å². The van der Waals surface area contributed by atoms with Crippen molar-refractivity contribution in [2.45, 2.75) is 238 Å². The highest BCUT2D eigenvalue weighted by Gasteiger charge is 2.25. The van der Waals surface area contributed by atoms with Gasteiger partial charge in [-0.25, -0.2) is 4.57 Å². The maximum absolute atomic E-state index is 12.5. The van der Waals surface area contributed by atoms with E-state index in [-0.39, 0.29) is 32.3 Å². The maximum atomic E-state index is 12.5. The molecule has 0 aromatic heterocycles. The van der Waals surface area contributed by atoms with E-state index in [0.29, 0.717) is 13.0 Å². The zero-order valence-electron chi connectivity index (χ0n) is 34.6. The SMILES string of the molecule is CCCCCCCCCCCCCCCCCCCCCCCCCCOCC(COP(=O)(O)OCCN)OC(=O)CCCCCCCCCCC. The van der Waals surface area contributed by atoms with Crippen LogP contribution in [0.2, 0.25) is 0 Å². The molecule has 2 atom stereocenters. The Hall–Kier alpha value is -0.500. The van der Waals surface area contributed by atoms with Crippen LogP contribution in [-0.4, -0.2) is 49.9 Å². The van der Waals surface area contributed by atoms with Crippen molar-refractivity contribution in [1.82, 2.24) is 0 Å². The van der Waals surface area contributed by atoms with Gasteiger partial charge in [0.2, 0.25) is 0 Å². The minimum absolute atomic E-state index is 0.0904. The molecule has 8 nitrogen and oxygen atoms in total. The highest BCUT2D eigenvalue weighted by Crippen LogP contribution is 2.43. The van der Waals surface area contributed by atoms with Crippen LogP contribution in [0, 0.1) is 0 Å². The van der Waals surface area contributed by atoms with Gasteiger partial charge in [0.05, 0.1) is 19.8 Å². The highest BCUT2D eigenvalue weighted by molar-refractivity contribution is 7.47. The molecule has 312 valence electrons. The van der Waals surface area contributed by atoms with Gasteiger partial charge in [-0.2, -0.15) is 0 Å². The number of carbonyl (C=O) groups is 1. The average molecular weight is 762 g/mol. The number of esters is 1. The summed E-state index contributed by atoms with van der Waals surface area (Å²) >= 11 is 0. The molecule has 0 aromatic rings. The predicted octanol–water partition coefficient (Wildman–Crippen LogP) is 13.3. The smallest absolute Gasteiger partial charge is 0.457 e. The summed E-state index contributed by atoms with van der Waals surface area (Å²) in [5, 5.41) is 0. The number of rotatable bonds is 44. The van der Waals surface area contributed by atoms with Crippen LogP contribution in [0.1, 0.15) is 232 Å². The summed E-state index contributed by atoms with van der Waals surface area (Å²) in [6, 6.07) is 0. The van der Waals surface area contributed by atoms with Crippen LogP contribution in [0.5, 0.6) is 0 Å². The van der Waals surface area contributed by atoms with E-state index in [1.54, 1.807) is 0 Å². The first-order chi connectivity index (χ1) is 25.4. The molecule has 0 aliphatic rings. The number of carbonyl (C=O) groups excluding carboxylic acids is 1. The van der Waals surface area contributed by atoms with Gasteiger partial charge in [0.15, 0.2) is 0 Å². The number of unbranched alkanes of at least 4 members (excludes halogenated alkanes) is 31. The van der Waals surface area contributed by atoms with Gasteiger partial charge in [-0.3, -0.25) is 13.8 Å². The van der Waals surface area contributed by atoms with Crippen molar-refractivity contribution >= 4 is 13.8 Å². The molecule has 0 saturated heterocycles. The Morgan fingerprint density at radius 3 is 1.21 bits per heavy atom. The molecule has 9 heteroatoms. The number of hydrogen-bond donors (Lipinski definition) is 2. The summed E-state index contributed by atoms with van der Waals surface area (Å²) in [5.74, 6) is -0.328. The molecule has 0 aromatic carbocycles. The van der Waals surface area contributed by atoms with Crippen LogP contribution in [0.3, 0.4) is 0 Å². The van der Waals surface area contributed by atoms with Gasteiger partial charge in [-0.1, -0.05) is 213 Å². The Bertz CT molecular complexity index is 772. The van der Waals surface area contributed by atoms with Crippen LogP contribution >= 0.6 is 7.82 Å². The molecule has 0 bridgehead atoms. The molecule has 0 heterocycles. The standard InChI is InChI=1S/C43H88NO7P/c1-3-5-7-9-11-13-14-15-16-17-18-19-20-21-22-23-24-25-26-27-29-31-33-35-38-48-40-42(41-50-52(46,47)49-39-37-44)51-43(45)36-34-32-30-28-12-10-8-6-4-2/h42H,3-41,44H2,1-2H3,(H,46,47). The molecular weight excluding hydrogens is 673 g/mol. The molecule has 0 aliphatic carbocycles. The highest BCUT2D eigenvalue weighted by atomic mass is 31.2. The number of phosphoric acid groups is 1. The largest absolute Gasteiger partial charge is 0.472 e.